The lowest BCUT2D eigenvalue weighted by molar-refractivity contribution is -0.160. The molecular formula is C45H75O8P. The van der Waals surface area contributed by atoms with Crippen LogP contribution in [0.1, 0.15) is 168 Å². The zero-order valence-electron chi connectivity index (χ0n) is 33.8. The van der Waals surface area contributed by atoms with Crippen LogP contribution in [0.5, 0.6) is 0 Å². The Kier molecular flexibility index (Phi) is 37.9. The van der Waals surface area contributed by atoms with Gasteiger partial charge in [0.25, 0.3) is 0 Å². The normalized spacial score (nSPS) is 13.3. The van der Waals surface area contributed by atoms with Crippen LogP contribution in [0.3, 0.4) is 0 Å². The molecule has 0 fully saturated rings. The van der Waals surface area contributed by atoms with Crippen LogP contribution in [0.4, 0.5) is 0 Å². The maximum Gasteiger partial charge on any atom is 0.469 e. The number of phosphoric ester groups is 1. The van der Waals surface area contributed by atoms with Crippen molar-refractivity contribution in [2.24, 2.45) is 0 Å². The third kappa shape index (κ3) is 42.0. The number of esters is 2. The van der Waals surface area contributed by atoms with Crippen LogP contribution >= 0.6 is 7.82 Å². The van der Waals surface area contributed by atoms with E-state index in [1.54, 1.807) is 6.08 Å². The van der Waals surface area contributed by atoms with E-state index in [0.717, 1.165) is 57.8 Å². The van der Waals surface area contributed by atoms with Gasteiger partial charge in [-0.2, -0.15) is 0 Å². The quantitative estimate of drug-likeness (QED) is 0.0277. The van der Waals surface area contributed by atoms with E-state index in [1.807, 2.05) is 12.2 Å². The standard InChI is InChI=1S/C45H75O8P/c1-3-5-7-9-11-13-15-17-19-20-21-22-23-24-26-27-29-31-33-35-37-39-44(46)51-41-43(42-52-54(48,49)50)53-45(47)40-38-36-34-32-30-28-25-18-16-14-12-10-8-6-4-2/h6,8,12,14-15,17-18,20-21,25,30,32,36,38,43H,3-5,7,9-11,13,16,19,22-24,26-29,31,33-35,37,39-42H2,1-2H3,(H2,48,49,50)/b8-6-,14-12-,17-15-,21-20-,25-18-,32-30-,38-36-. The van der Waals surface area contributed by atoms with E-state index in [4.69, 9.17) is 19.3 Å². The number of hydrogen-bond acceptors (Lipinski definition) is 6. The minimum absolute atomic E-state index is 0.0251. The number of phosphoric acid groups is 1. The lowest BCUT2D eigenvalue weighted by Gasteiger charge is -2.18. The van der Waals surface area contributed by atoms with Gasteiger partial charge in [0.1, 0.15) is 6.61 Å². The van der Waals surface area contributed by atoms with Crippen molar-refractivity contribution in [1.29, 1.82) is 0 Å². The summed E-state index contributed by atoms with van der Waals surface area (Å²) in [5.41, 5.74) is 0. The second-order valence-corrected chi connectivity index (χ2v) is 14.8. The van der Waals surface area contributed by atoms with Crippen LogP contribution in [0.15, 0.2) is 85.1 Å². The third-order valence-electron chi connectivity index (χ3n) is 8.43. The van der Waals surface area contributed by atoms with Crippen LogP contribution < -0.4 is 0 Å². The van der Waals surface area contributed by atoms with Crippen molar-refractivity contribution < 1.29 is 37.9 Å². The van der Waals surface area contributed by atoms with Gasteiger partial charge < -0.3 is 19.3 Å². The zero-order chi connectivity index (χ0) is 39.6. The molecule has 0 saturated heterocycles. The summed E-state index contributed by atoms with van der Waals surface area (Å²) in [4.78, 5) is 42.7. The molecule has 0 rings (SSSR count). The van der Waals surface area contributed by atoms with Gasteiger partial charge in [0.05, 0.1) is 13.0 Å². The number of ether oxygens (including phenoxy) is 2. The molecule has 2 N–H and O–H groups in total. The smallest absolute Gasteiger partial charge is 0.462 e. The van der Waals surface area contributed by atoms with Crippen molar-refractivity contribution >= 4 is 19.8 Å². The van der Waals surface area contributed by atoms with Crippen molar-refractivity contribution in [3.63, 3.8) is 0 Å². The number of carbonyl (C=O) groups is 2. The number of rotatable bonds is 37. The summed E-state index contributed by atoms with van der Waals surface area (Å²) in [5.74, 6) is -1.04. The molecule has 0 radical (unpaired) electrons. The molecule has 0 aliphatic carbocycles. The molecule has 308 valence electrons. The molecule has 9 heteroatoms. The van der Waals surface area contributed by atoms with Crippen LogP contribution in [0.25, 0.3) is 0 Å². The molecule has 0 spiro atoms. The highest BCUT2D eigenvalue weighted by Gasteiger charge is 2.22. The van der Waals surface area contributed by atoms with Crippen molar-refractivity contribution in [2.75, 3.05) is 13.2 Å². The summed E-state index contributed by atoms with van der Waals surface area (Å²) >= 11 is 0. The second-order valence-electron chi connectivity index (χ2n) is 13.6. The van der Waals surface area contributed by atoms with Crippen molar-refractivity contribution in [3.8, 4) is 0 Å². The van der Waals surface area contributed by atoms with Crippen molar-refractivity contribution in [3.05, 3.63) is 85.1 Å². The monoisotopic (exact) mass is 775 g/mol. The molecule has 0 saturated carbocycles. The first-order valence-corrected chi connectivity index (χ1v) is 22.4. The van der Waals surface area contributed by atoms with E-state index in [2.05, 4.69) is 85.2 Å². The van der Waals surface area contributed by atoms with Gasteiger partial charge in [-0.15, -0.1) is 0 Å². The predicted molar refractivity (Wildman–Crippen MR) is 225 cm³/mol. The van der Waals surface area contributed by atoms with Crippen molar-refractivity contribution in [1.82, 2.24) is 0 Å². The van der Waals surface area contributed by atoms with Crippen LogP contribution in [-0.4, -0.2) is 41.0 Å². The number of carbonyl (C=O) groups excluding carboxylic acids is 2. The average Bonchev–Trinajstić information content (AvgIpc) is 3.14. The van der Waals surface area contributed by atoms with Crippen LogP contribution in [-0.2, 0) is 28.2 Å². The molecule has 0 aliphatic rings. The summed E-state index contributed by atoms with van der Waals surface area (Å²) in [5, 5.41) is 0. The molecule has 1 unspecified atom stereocenters. The predicted octanol–water partition coefficient (Wildman–Crippen LogP) is 12.8. The van der Waals surface area contributed by atoms with Gasteiger partial charge in [0.2, 0.25) is 0 Å². The Balaban J connectivity index is 4.02. The molecule has 0 aromatic heterocycles. The number of hydrogen-bond donors (Lipinski definition) is 2. The molecule has 8 nitrogen and oxygen atoms in total. The van der Waals surface area contributed by atoms with Gasteiger partial charge in [-0.3, -0.25) is 14.1 Å². The lowest BCUT2D eigenvalue weighted by atomic mass is 10.1. The molecule has 0 heterocycles. The van der Waals surface area contributed by atoms with E-state index in [9.17, 15) is 14.2 Å². The van der Waals surface area contributed by atoms with E-state index in [-0.39, 0.29) is 19.4 Å². The van der Waals surface area contributed by atoms with E-state index in [0.29, 0.717) is 12.8 Å². The summed E-state index contributed by atoms with van der Waals surface area (Å²) < 4.78 is 26.2. The van der Waals surface area contributed by atoms with Gasteiger partial charge in [-0.25, -0.2) is 4.57 Å². The molecule has 1 atom stereocenters. The first-order valence-electron chi connectivity index (χ1n) is 20.9. The van der Waals surface area contributed by atoms with E-state index < -0.39 is 32.5 Å². The highest BCUT2D eigenvalue weighted by Crippen LogP contribution is 2.35. The van der Waals surface area contributed by atoms with Gasteiger partial charge in [-0.05, 0) is 70.6 Å². The Hall–Kier alpha value is -2.77. The molecule has 0 aromatic rings. The number of allylic oxidation sites excluding steroid dienone is 13. The second kappa shape index (κ2) is 39.9. The molecule has 0 amide bonds. The fraction of sp³-hybridized carbons (Fsp3) is 0.644. The minimum atomic E-state index is -4.78. The molecule has 0 aliphatic heterocycles. The summed E-state index contributed by atoms with van der Waals surface area (Å²) in [6, 6.07) is 0. The Labute approximate surface area is 329 Å². The first-order chi connectivity index (χ1) is 26.3. The van der Waals surface area contributed by atoms with Gasteiger partial charge in [0, 0.05) is 6.42 Å². The first kappa shape index (κ1) is 51.2. The summed E-state index contributed by atoms with van der Waals surface area (Å²) in [6.07, 6.45) is 53.3. The molecule has 0 bridgehead atoms. The number of unbranched alkanes of at least 4 members (excludes halogenated alkanes) is 14. The lowest BCUT2D eigenvalue weighted by Crippen LogP contribution is -2.29. The van der Waals surface area contributed by atoms with Crippen molar-refractivity contribution in [2.45, 2.75) is 174 Å². The van der Waals surface area contributed by atoms with Crippen LogP contribution in [0, 0.1) is 0 Å². The van der Waals surface area contributed by atoms with Crippen LogP contribution in [0.2, 0.25) is 0 Å². The molecule has 0 aromatic carbocycles. The third-order valence-corrected chi connectivity index (χ3v) is 8.92. The van der Waals surface area contributed by atoms with Gasteiger partial charge >= 0.3 is 19.8 Å². The van der Waals surface area contributed by atoms with Gasteiger partial charge in [-0.1, -0.05) is 170 Å². The Morgan fingerprint density at radius 1 is 0.519 bits per heavy atom. The largest absolute Gasteiger partial charge is 0.469 e. The zero-order valence-corrected chi connectivity index (χ0v) is 34.7. The molecular weight excluding hydrogens is 699 g/mol. The Morgan fingerprint density at radius 2 is 0.944 bits per heavy atom. The topological polar surface area (TPSA) is 119 Å². The van der Waals surface area contributed by atoms with E-state index in [1.165, 1.54) is 70.6 Å². The highest BCUT2D eigenvalue weighted by atomic mass is 31.2. The summed E-state index contributed by atoms with van der Waals surface area (Å²) in [7, 11) is -4.78. The van der Waals surface area contributed by atoms with Gasteiger partial charge in [0.15, 0.2) is 6.10 Å². The maximum atomic E-state index is 12.3. The highest BCUT2D eigenvalue weighted by molar-refractivity contribution is 7.46. The Morgan fingerprint density at radius 3 is 1.43 bits per heavy atom. The maximum absolute atomic E-state index is 12.3. The fourth-order valence-corrected chi connectivity index (χ4v) is 5.72. The molecule has 54 heavy (non-hydrogen) atoms. The fourth-order valence-electron chi connectivity index (χ4n) is 5.36. The Bertz CT molecular complexity index is 1140. The minimum Gasteiger partial charge on any atom is -0.462 e. The summed E-state index contributed by atoms with van der Waals surface area (Å²) in [6.45, 7) is 3.46. The SMILES string of the molecule is CC/C=C\C/C=C\C/C=C\C/C=C\C/C=C\CC(=O)OC(COC(=O)CCCCCCCCCCC/C=C\C/C=C\CCCCCCC)COP(=O)(O)O. The van der Waals surface area contributed by atoms with E-state index >= 15 is 0 Å². The average molecular weight is 775 g/mol.